The summed E-state index contributed by atoms with van der Waals surface area (Å²) in [5.41, 5.74) is 0.469. The number of rotatable bonds is 6. The Morgan fingerprint density at radius 2 is 2.05 bits per heavy atom. The standard InChI is InChI=1S/C15H23ClN2O2/c1-11(12-7-5-6-8-13(12)16)17-14(20)9-18(4)15(2,3)10-19/h5-8,11,19H,9-10H2,1-4H3,(H,17,20). The number of amides is 1. The Bertz CT molecular complexity index is 463. The molecule has 0 fully saturated rings. The van der Waals surface area contributed by atoms with Crippen LogP contribution in [0.2, 0.25) is 5.02 Å². The van der Waals surface area contributed by atoms with Gasteiger partial charge < -0.3 is 10.4 Å². The van der Waals surface area contributed by atoms with Gasteiger partial charge in [0.2, 0.25) is 5.91 Å². The van der Waals surface area contributed by atoms with Gasteiger partial charge in [0.25, 0.3) is 0 Å². The number of benzene rings is 1. The lowest BCUT2D eigenvalue weighted by atomic mass is 10.1. The Labute approximate surface area is 125 Å². The highest BCUT2D eigenvalue weighted by molar-refractivity contribution is 6.31. The molecule has 5 heteroatoms. The maximum atomic E-state index is 12.0. The number of carbonyl (C=O) groups excluding carboxylic acids is 1. The molecule has 1 amide bonds. The first-order chi connectivity index (χ1) is 9.27. The molecule has 0 saturated carbocycles. The van der Waals surface area contributed by atoms with Crippen molar-refractivity contribution >= 4 is 17.5 Å². The zero-order valence-corrected chi connectivity index (χ0v) is 13.2. The number of carbonyl (C=O) groups is 1. The van der Waals surface area contributed by atoms with Gasteiger partial charge in [-0.15, -0.1) is 0 Å². The molecule has 0 aromatic heterocycles. The van der Waals surface area contributed by atoms with E-state index >= 15 is 0 Å². The third-order valence-electron chi connectivity index (χ3n) is 3.55. The molecule has 2 N–H and O–H groups in total. The Kier molecular flexibility index (Phi) is 5.99. The normalized spacial score (nSPS) is 13.3. The van der Waals surface area contributed by atoms with Gasteiger partial charge in [-0.25, -0.2) is 0 Å². The van der Waals surface area contributed by atoms with Crippen molar-refractivity contribution in [3.63, 3.8) is 0 Å². The van der Waals surface area contributed by atoms with Gasteiger partial charge in [0.1, 0.15) is 0 Å². The van der Waals surface area contributed by atoms with Crippen LogP contribution >= 0.6 is 11.6 Å². The smallest absolute Gasteiger partial charge is 0.234 e. The molecule has 0 aliphatic carbocycles. The fourth-order valence-corrected chi connectivity index (χ4v) is 2.04. The first kappa shape index (κ1) is 17.0. The molecule has 0 spiro atoms. The molecular weight excluding hydrogens is 276 g/mol. The molecule has 1 unspecified atom stereocenters. The summed E-state index contributed by atoms with van der Waals surface area (Å²) in [7, 11) is 1.82. The SMILES string of the molecule is CC(NC(=O)CN(C)C(C)(C)CO)c1ccccc1Cl. The van der Waals surface area contributed by atoms with E-state index in [2.05, 4.69) is 5.32 Å². The van der Waals surface area contributed by atoms with Gasteiger partial charge in [0.05, 0.1) is 19.2 Å². The third-order valence-corrected chi connectivity index (χ3v) is 3.89. The third kappa shape index (κ3) is 4.47. The van der Waals surface area contributed by atoms with Gasteiger partial charge in [-0.3, -0.25) is 9.69 Å². The molecule has 0 aliphatic rings. The van der Waals surface area contributed by atoms with E-state index in [0.29, 0.717) is 5.02 Å². The predicted octanol–water partition coefficient (Wildman–Crippen LogP) is 2.22. The summed E-state index contributed by atoms with van der Waals surface area (Å²) in [5.74, 6) is -0.0959. The Morgan fingerprint density at radius 1 is 1.45 bits per heavy atom. The first-order valence-corrected chi connectivity index (χ1v) is 7.01. The number of aliphatic hydroxyl groups excluding tert-OH is 1. The van der Waals surface area contributed by atoms with E-state index in [1.165, 1.54) is 0 Å². The van der Waals surface area contributed by atoms with Crippen molar-refractivity contribution in [2.75, 3.05) is 20.2 Å². The molecule has 0 aliphatic heterocycles. The number of likely N-dealkylation sites (N-methyl/N-ethyl adjacent to an activating group) is 1. The van der Waals surface area contributed by atoms with Crippen LogP contribution in [0, 0.1) is 0 Å². The number of hydrogen-bond acceptors (Lipinski definition) is 3. The fraction of sp³-hybridized carbons (Fsp3) is 0.533. The summed E-state index contributed by atoms with van der Waals surface area (Å²) in [4.78, 5) is 13.9. The van der Waals surface area contributed by atoms with Gasteiger partial charge in [-0.1, -0.05) is 29.8 Å². The van der Waals surface area contributed by atoms with Crippen LogP contribution in [-0.4, -0.2) is 41.7 Å². The first-order valence-electron chi connectivity index (χ1n) is 6.64. The van der Waals surface area contributed by atoms with E-state index in [-0.39, 0.29) is 25.1 Å². The van der Waals surface area contributed by atoms with Crippen molar-refractivity contribution in [3.05, 3.63) is 34.9 Å². The number of hydrogen-bond donors (Lipinski definition) is 2. The molecule has 1 aromatic carbocycles. The molecule has 20 heavy (non-hydrogen) atoms. The minimum absolute atomic E-state index is 0.00313. The maximum Gasteiger partial charge on any atom is 0.234 e. The van der Waals surface area contributed by atoms with Crippen LogP contribution in [0.1, 0.15) is 32.4 Å². The summed E-state index contributed by atoms with van der Waals surface area (Å²) in [6.45, 7) is 5.89. The molecule has 0 bridgehead atoms. The average molecular weight is 299 g/mol. The minimum atomic E-state index is -0.426. The highest BCUT2D eigenvalue weighted by Gasteiger charge is 2.24. The molecule has 4 nitrogen and oxygen atoms in total. The number of aliphatic hydroxyl groups is 1. The van der Waals surface area contributed by atoms with Crippen LogP contribution in [0.5, 0.6) is 0 Å². The van der Waals surface area contributed by atoms with Crippen molar-refractivity contribution < 1.29 is 9.90 Å². The zero-order valence-electron chi connectivity index (χ0n) is 12.5. The van der Waals surface area contributed by atoms with Gasteiger partial charge in [-0.05, 0) is 39.4 Å². The Balaban J connectivity index is 2.61. The van der Waals surface area contributed by atoms with Crippen LogP contribution in [0.3, 0.4) is 0 Å². The van der Waals surface area contributed by atoms with E-state index in [4.69, 9.17) is 11.6 Å². The molecule has 0 radical (unpaired) electrons. The molecular formula is C15H23ClN2O2. The van der Waals surface area contributed by atoms with Crippen LogP contribution < -0.4 is 5.32 Å². The van der Waals surface area contributed by atoms with Gasteiger partial charge in [0, 0.05) is 10.6 Å². The van der Waals surface area contributed by atoms with Gasteiger partial charge in [0.15, 0.2) is 0 Å². The van der Waals surface area contributed by atoms with Crippen molar-refractivity contribution in [1.82, 2.24) is 10.2 Å². The summed E-state index contributed by atoms with van der Waals surface area (Å²) in [6.07, 6.45) is 0. The summed E-state index contributed by atoms with van der Waals surface area (Å²) in [6, 6.07) is 7.31. The average Bonchev–Trinajstić information content (AvgIpc) is 2.38. The Morgan fingerprint density at radius 3 is 2.60 bits per heavy atom. The summed E-state index contributed by atoms with van der Waals surface area (Å²) >= 11 is 6.11. The maximum absolute atomic E-state index is 12.0. The minimum Gasteiger partial charge on any atom is -0.394 e. The van der Waals surface area contributed by atoms with E-state index < -0.39 is 5.54 Å². The highest BCUT2D eigenvalue weighted by Crippen LogP contribution is 2.22. The van der Waals surface area contributed by atoms with E-state index in [1.54, 1.807) is 6.07 Å². The number of nitrogens with one attached hydrogen (secondary N) is 1. The highest BCUT2D eigenvalue weighted by atomic mass is 35.5. The molecule has 0 heterocycles. The lowest BCUT2D eigenvalue weighted by Gasteiger charge is -2.33. The van der Waals surface area contributed by atoms with Crippen LogP contribution in [0.15, 0.2) is 24.3 Å². The quantitative estimate of drug-likeness (QED) is 0.847. The fourth-order valence-electron chi connectivity index (χ4n) is 1.74. The number of nitrogens with zero attached hydrogens (tertiary/aromatic N) is 1. The largest absolute Gasteiger partial charge is 0.394 e. The molecule has 0 saturated heterocycles. The summed E-state index contributed by atoms with van der Waals surface area (Å²) < 4.78 is 0. The molecule has 1 atom stereocenters. The predicted molar refractivity (Wildman–Crippen MR) is 81.8 cm³/mol. The van der Waals surface area contributed by atoms with Crippen molar-refractivity contribution in [3.8, 4) is 0 Å². The second kappa shape index (κ2) is 7.07. The molecule has 112 valence electrons. The van der Waals surface area contributed by atoms with Crippen LogP contribution in [-0.2, 0) is 4.79 Å². The van der Waals surface area contributed by atoms with Crippen molar-refractivity contribution in [1.29, 1.82) is 0 Å². The van der Waals surface area contributed by atoms with Crippen molar-refractivity contribution in [2.24, 2.45) is 0 Å². The van der Waals surface area contributed by atoms with E-state index in [9.17, 15) is 9.90 Å². The lowest BCUT2D eigenvalue weighted by Crippen LogP contribution is -2.49. The van der Waals surface area contributed by atoms with Gasteiger partial charge >= 0.3 is 0 Å². The van der Waals surface area contributed by atoms with Gasteiger partial charge in [-0.2, -0.15) is 0 Å². The zero-order chi connectivity index (χ0) is 15.3. The molecule has 1 aromatic rings. The van der Waals surface area contributed by atoms with Crippen LogP contribution in [0.25, 0.3) is 0 Å². The second-order valence-electron chi connectivity index (χ2n) is 5.64. The van der Waals surface area contributed by atoms with E-state index in [0.717, 1.165) is 5.56 Å². The Hall–Kier alpha value is -1.10. The van der Waals surface area contributed by atoms with E-state index in [1.807, 2.05) is 50.9 Å². The second-order valence-corrected chi connectivity index (χ2v) is 6.04. The molecule has 1 rings (SSSR count). The van der Waals surface area contributed by atoms with Crippen LogP contribution in [0.4, 0.5) is 0 Å². The number of halogens is 1. The van der Waals surface area contributed by atoms with Crippen molar-refractivity contribution in [2.45, 2.75) is 32.4 Å². The topological polar surface area (TPSA) is 52.6 Å². The lowest BCUT2D eigenvalue weighted by molar-refractivity contribution is -0.124. The summed E-state index contributed by atoms with van der Waals surface area (Å²) in [5, 5.41) is 12.8. The monoisotopic (exact) mass is 298 g/mol.